The largest absolute Gasteiger partial charge is 0.482 e. The number of amides is 2. The predicted octanol–water partition coefficient (Wildman–Crippen LogP) is 1.51. The molecule has 0 saturated carbocycles. The lowest BCUT2D eigenvalue weighted by Gasteiger charge is -2.18. The number of nitrogens with one attached hydrogen (secondary N) is 2. The number of ether oxygens (including phenoxy) is 1. The lowest BCUT2D eigenvalue weighted by molar-refractivity contribution is -0.119. The molecule has 1 unspecified atom stereocenters. The number of anilines is 2. The number of hydrogen-bond acceptors (Lipinski definition) is 4. The molecule has 0 bridgehead atoms. The van der Waals surface area contributed by atoms with Gasteiger partial charge in [0.2, 0.25) is 5.91 Å². The Kier molecular flexibility index (Phi) is 3.66. The van der Waals surface area contributed by atoms with Crippen molar-refractivity contribution in [1.82, 2.24) is 0 Å². The zero-order valence-corrected chi connectivity index (χ0v) is 10.4. The molecular weight excluding hydrogens is 246 g/mol. The van der Waals surface area contributed by atoms with Crippen molar-refractivity contribution in [1.29, 1.82) is 5.26 Å². The zero-order chi connectivity index (χ0) is 13.8. The maximum absolute atomic E-state index is 11.8. The van der Waals surface area contributed by atoms with Gasteiger partial charge in [-0.15, -0.1) is 0 Å². The standard InChI is InChI=1S/C13H13N3O3/c1-2-8(6-14)13(18)15-9-3-4-11-10(5-9)16-12(17)7-19-11/h3-5,8H,2,7H2,1H3,(H,15,18)(H,16,17). The Labute approximate surface area is 110 Å². The Bertz CT molecular complexity index is 563. The van der Waals surface area contributed by atoms with Gasteiger partial charge in [0.05, 0.1) is 11.8 Å². The van der Waals surface area contributed by atoms with Crippen LogP contribution >= 0.6 is 0 Å². The van der Waals surface area contributed by atoms with E-state index in [0.717, 1.165) is 0 Å². The molecule has 19 heavy (non-hydrogen) atoms. The molecule has 6 heteroatoms. The van der Waals surface area contributed by atoms with Gasteiger partial charge in [-0.2, -0.15) is 5.26 Å². The Balaban J connectivity index is 2.14. The molecule has 2 rings (SSSR count). The number of rotatable bonds is 3. The van der Waals surface area contributed by atoms with Gasteiger partial charge in [0.1, 0.15) is 11.7 Å². The number of fused-ring (bicyclic) bond motifs is 1. The Morgan fingerprint density at radius 1 is 1.63 bits per heavy atom. The first kappa shape index (κ1) is 12.9. The van der Waals surface area contributed by atoms with Gasteiger partial charge in [0, 0.05) is 5.69 Å². The molecule has 0 saturated heterocycles. The van der Waals surface area contributed by atoms with Crippen LogP contribution in [-0.2, 0) is 9.59 Å². The summed E-state index contributed by atoms with van der Waals surface area (Å²) >= 11 is 0. The van der Waals surface area contributed by atoms with Crippen molar-refractivity contribution in [3.8, 4) is 11.8 Å². The third kappa shape index (κ3) is 2.83. The van der Waals surface area contributed by atoms with Gasteiger partial charge < -0.3 is 15.4 Å². The van der Waals surface area contributed by atoms with Crippen LogP contribution in [0.5, 0.6) is 5.75 Å². The summed E-state index contributed by atoms with van der Waals surface area (Å²) in [6.45, 7) is 1.76. The molecule has 6 nitrogen and oxygen atoms in total. The van der Waals surface area contributed by atoms with Crippen molar-refractivity contribution in [2.24, 2.45) is 5.92 Å². The number of carbonyl (C=O) groups is 2. The van der Waals surface area contributed by atoms with E-state index in [4.69, 9.17) is 10.00 Å². The van der Waals surface area contributed by atoms with Crippen LogP contribution in [0.2, 0.25) is 0 Å². The van der Waals surface area contributed by atoms with Crippen LogP contribution in [-0.4, -0.2) is 18.4 Å². The monoisotopic (exact) mass is 259 g/mol. The van der Waals surface area contributed by atoms with Crippen LogP contribution in [0.15, 0.2) is 18.2 Å². The topological polar surface area (TPSA) is 91.2 Å². The summed E-state index contributed by atoms with van der Waals surface area (Å²) in [5.41, 5.74) is 1.03. The minimum Gasteiger partial charge on any atom is -0.482 e. The van der Waals surface area contributed by atoms with E-state index in [1.807, 2.05) is 6.07 Å². The van der Waals surface area contributed by atoms with Crippen LogP contribution in [0.25, 0.3) is 0 Å². The molecule has 98 valence electrons. The van der Waals surface area contributed by atoms with E-state index in [9.17, 15) is 9.59 Å². The van der Waals surface area contributed by atoms with E-state index in [2.05, 4.69) is 10.6 Å². The highest BCUT2D eigenvalue weighted by Crippen LogP contribution is 2.30. The third-order valence-electron chi connectivity index (χ3n) is 2.76. The Morgan fingerprint density at radius 3 is 3.11 bits per heavy atom. The molecule has 1 aliphatic heterocycles. The average molecular weight is 259 g/mol. The summed E-state index contributed by atoms with van der Waals surface area (Å²) in [7, 11) is 0. The third-order valence-corrected chi connectivity index (χ3v) is 2.76. The zero-order valence-electron chi connectivity index (χ0n) is 10.4. The molecule has 0 fully saturated rings. The molecule has 0 aromatic heterocycles. The summed E-state index contributed by atoms with van der Waals surface area (Å²) < 4.78 is 5.21. The fourth-order valence-electron chi connectivity index (χ4n) is 1.73. The SMILES string of the molecule is CCC(C#N)C(=O)Nc1ccc2c(c1)NC(=O)CO2. The lowest BCUT2D eigenvalue weighted by atomic mass is 10.1. The van der Waals surface area contributed by atoms with E-state index in [0.29, 0.717) is 23.5 Å². The summed E-state index contributed by atoms with van der Waals surface area (Å²) in [5.74, 6) is -0.709. The van der Waals surface area contributed by atoms with E-state index in [1.165, 1.54) is 0 Å². The van der Waals surface area contributed by atoms with E-state index in [1.54, 1.807) is 25.1 Å². The average Bonchev–Trinajstić information content (AvgIpc) is 2.39. The van der Waals surface area contributed by atoms with Gasteiger partial charge in [-0.25, -0.2) is 0 Å². The molecule has 1 atom stereocenters. The number of carbonyl (C=O) groups excluding carboxylic acids is 2. The smallest absolute Gasteiger partial charge is 0.262 e. The molecule has 0 spiro atoms. The molecule has 1 heterocycles. The highest BCUT2D eigenvalue weighted by atomic mass is 16.5. The fourth-order valence-corrected chi connectivity index (χ4v) is 1.73. The van der Waals surface area contributed by atoms with Crippen molar-refractivity contribution in [2.75, 3.05) is 17.2 Å². The van der Waals surface area contributed by atoms with E-state index in [-0.39, 0.29) is 18.4 Å². The molecule has 1 aliphatic rings. The quantitative estimate of drug-likeness (QED) is 0.860. The van der Waals surface area contributed by atoms with Gasteiger partial charge in [-0.3, -0.25) is 9.59 Å². The van der Waals surface area contributed by atoms with Crippen LogP contribution in [0.1, 0.15) is 13.3 Å². The fraction of sp³-hybridized carbons (Fsp3) is 0.308. The molecule has 0 radical (unpaired) electrons. The van der Waals surface area contributed by atoms with Crippen molar-refractivity contribution in [2.45, 2.75) is 13.3 Å². The molecule has 2 N–H and O–H groups in total. The first-order chi connectivity index (χ1) is 9.13. The van der Waals surface area contributed by atoms with Gasteiger partial charge >= 0.3 is 0 Å². The van der Waals surface area contributed by atoms with Crippen molar-refractivity contribution in [3.05, 3.63) is 18.2 Å². The van der Waals surface area contributed by atoms with Crippen molar-refractivity contribution in [3.63, 3.8) is 0 Å². The van der Waals surface area contributed by atoms with Gasteiger partial charge in [0.25, 0.3) is 5.91 Å². The molecular formula is C13H13N3O3. The molecule has 2 amide bonds. The first-order valence-electron chi connectivity index (χ1n) is 5.91. The minimum absolute atomic E-state index is 0.00888. The van der Waals surface area contributed by atoms with Crippen LogP contribution in [0.3, 0.4) is 0 Å². The first-order valence-corrected chi connectivity index (χ1v) is 5.91. The van der Waals surface area contributed by atoms with Crippen molar-refractivity contribution >= 4 is 23.2 Å². The van der Waals surface area contributed by atoms with Gasteiger partial charge in [0.15, 0.2) is 6.61 Å². The van der Waals surface area contributed by atoms with Gasteiger partial charge in [-0.1, -0.05) is 6.92 Å². The van der Waals surface area contributed by atoms with Crippen molar-refractivity contribution < 1.29 is 14.3 Å². The molecule has 0 aliphatic carbocycles. The van der Waals surface area contributed by atoms with Crippen LogP contribution in [0.4, 0.5) is 11.4 Å². The highest BCUT2D eigenvalue weighted by molar-refractivity contribution is 5.98. The lowest BCUT2D eigenvalue weighted by Crippen LogP contribution is -2.26. The Hall–Kier alpha value is -2.55. The number of nitriles is 1. The van der Waals surface area contributed by atoms with E-state index < -0.39 is 5.92 Å². The normalized spacial score (nSPS) is 14.4. The summed E-state index contributed by atoms with van der Waals surface area (Å²) in [6, 6.07) is 6.87. The molecule has 1 aromatic rings. The van der Waals surface area contributed by atoms with E-state index >= 15 is 0 Å². The van der Waals surface area contributed by atoms with Crippen LogP contribution < -0.4 is 15.4 Å². The minimum atomic E-state index is -0.679. The molecule has 1 aromatic carbocycles. The maximum atomic E-state index is 11.8. The maximum Gasteiger partial charge on any atom is 0.262 e. The predicted molar refractivity (Wildman–Crippen MR) is 68.6 cm³/mol. The van der Waals surface area contributed by atoms with Gasteiger partial charge in [-0.05, 0) is 24.6 Å². The number of benzene rings is 1. The highest BCUT2D eigenvalue weighted by Gasteiger charge is 2.18. The summed E-state index contributed by atoms with van der Waals surface area (Å²) in [4.78, 5) is 22.9. The second-order valence-electron chi connectivity index (χ2n) is 4.13. The second-order valence-corrected chi connectivity index (χ2v) is 4.13. The summed E-state index contributed by atoms with van der Waals surface area (Å²) in [6.07, 6.45) is 0.452. The Morgan fingerprint density at radius 2 is 2.42 bits per heavy atom. The second kappa shape index (κ2) is 5.40. The number of nitrogens with zero attached hydrogens (tertiary/aromatic N) is 1. The van der Waals surface area contributed by atoms with Crippen LogP contribution in [0, 0.1) is 17.2 Å². The summed E-state index contributed by atoms with van der Waals surface area (Å²) in [5, 5.41) is 14.1. The number of hydrogen-bond donors (Lipinski definition) is 2.